The molecule has 2 aromatic rings. The molecule has 1 aromatic heterocycles. The minimum absolute atomic E-state index is 0.202. The zero-order valence-corrected chi connectivity index (χ0v) is 15.2. The van der Waals surface area contributed by atoms with Crippen molar-refractivity contribution in [3.63, 3.8) is 0 Å². The van der Waals surface area contributed by atoms with Gasteiger partial charge in [0.05, 0.1) is 11.1 Å². The first-order valence-corrected chi connectivity index (χ1v) is 8.41. The van der Waals surface area contributed by atoms with E-state index in [2.05, 4.69) is 20.9 Å². The van der Waals surface area contributed by atoms with Crippen molar-refractivity contribution in [2.45, 2.75) is 13.3 Å². The van der Waals surface area contributed by atoms with Crippen LogP contribution in [0.2, 0.25) is 0 Å². The Hall–Kier alpha value is -3.26. The number of amides is 3. The fourth-order valence-corrected chi connectivity index (χ4v) is 2.29. The second-order valence-corrected chi connectivity index (χ2v) is 5.78. The molecule has 0 aliphatic rings. The van der Waals surface area contributed by atoms with E-state index in [0.717, 1.165) is 0 Å². The molecule has 2 rings (SSSR count). The number of anilines is 2. The van der Waals surface area contributed by atoms with Crippen molar-refractivity contribution in [3.8, 4) is 0 Å². The zero-order chi connectivity index (χ0) is 19.6. The first kappa shape index (κ1) is 20.1. The van der Waals surface area contributed by atoms with Gasteiger partial charge < -0.3 is 20.7 Å². The van der Waals surface area contributed by atoms with Crippen LogP contribution in [0.3, 0.4) is 0 Å². The third-order valence-corrected chi connectivity index (χ3v) is 3.51. The molecule has 8 heteroatoms. The summed E-state index contributed by atoms with van der Waals surface area (Å²) in [6.45, 7) is 2.43. The Morgan fingerprint density at radius 3 is 2.33 bits per heavy atom. The molecule has 0 bridgehead atoms. The summed E-state index contributed by atoms with van der Waals surface area (Å²) in [6, 6.07) is 8.24. The van der Waals surface area contributed by atoms with Crippen LogP contribution in [0.1, 0.15) is 34.1 Å². The van der Waals surface area contributed by atoms with Gasteiger partial charge in [0.2, 0.25) is 5.91 Å². The highest BCUT2D eigenvalue weighted by Gasteiger charge is 2.12. The van der Waals surface area contributed by atoms with Crippen LogP contribution >= 0.6 is 0 Å². The maximum absolute atomic E-state index is 12.4. The SMILES string of the molecule is COCCCNC(=O)c1cncc(C(=O)Nc2cccc(NC(C)=O)c2)c1. The number of methoxy groups -OCH3 is 1. The summed E-state index contributed by atoms with van der Waals surface area (Å²) in [5, 5.41) is 8.11. The highest BCUT2D eigenvalue weighted by Crippen LogP contribution is 2.16. The standard InChI is InChI=1S/C19H22N4O4/c1-13(24)22-16-5-3-6-17(10-16)23-19(26)15-9-14(11-20-12-15)18(25)21-7-4-8-27-2/h3,5-6,9-12H,4,7-8H2,1-2H3,(H,21,25)(H,22,24)(H,23,26). The average molecular weight is 370 g/mol. The van der Waals surface area contributed by atoms with E-state index >= 15 is 0 Å². The fraction of sp³-hybridized carbons (Fsp3) is 0.263. The van der Waals surface area contributed by atoms with Crippen molar-refractivity contribution in [2.75, 3.05) is 30.9 Å². The maximum atomic E-state index is 12.4. The van der Waals surface area contributed by atoms with E-state index in [1.54, 1.807) is 31.4 Å². The molecule has 0 atom stereocenters. The lowest BCUT2D eigenvalue weighted by atomic mass is 10.1. The molecule has 3 N–H and O–H groups in total. The lowest BCUT2D eigenvalue weighted by Gasteiger charge is -2.09. The summed E-state index contributed by atoms with van der Waals surface area (Å²) in [4.78, 5) is 39.7. The molecule has 0 aliphatic carbocycles. The van der Waals surface area contributed by atoms with Crippen LogP contribution in [0.5, 0.6) is 0 Å². The number of nitrogens with zero attached hydrogens (tertiary/aromatic N) is 1. The van der Waals surface area contributed by atoms with E-state index in [1.165, 1.54) is 25.4 Å². The van der Waals surface area contributed by atoms with Crippen molar-refractivity contribution >= 4 is 29.1 Å². The number of hydrogen-bond acceptors (Lipinski definition) is 5. The predicted octanol–water partition coefficient (Wildman–Crippen LogP) is 2.06. The minimum Gasteiger partial charge on any atom is -0.385 e. The number of hydrogen-bond donors (Lipinski definition) is 3. The molecule has 0 aliphatic heterocycles. The molecule has 142 valence electrons. The Labute approximate surface area is 157 Å². The second kappa shape index (κ2) is 10.0. The van der Waals surface area contributed by atoms with Crippen LogP contribution in [-0.2, 0) is 9.53 Å². The maximum Gasteiger partial charge on any atom is 0.257 e. The number of pyridine rings is 1. The lowest BCUT2D eigenvalue weighted by molar-refractivity contribution is -0.114. The summed E-state index contributed by atoms with van der Waals surface area (Å²) in [7, 11) is 1.60. The third-order valence-electron chi connectivity index (χ3n) is 3.51. The molecule has 1 aromatic carbocycles. The Kier molecular flexibility index (Phi) is 7.45. The van der Waals surface area contributed by atoms with Gasteiger partial charge in [-0.3, -0.25) is 19.4 Å². The van der Waals surface area contributed by atoms with Gasteiger partial charge in [0.15, 0.2) is 0 Å². The second-order valence-electron chi connectivity index (χ2n) is 5.78. The van der Waals surface area contributed by atoms with Crippen LogP contribution in [-0.4, -0.2) is 43.0 Å². The summed E-state index contributed by atoms with van der Waals surface area (Å²) in [5.41, 5.74) is 1.64. The highest BCUT2D eigenvalue weighted by atomic mass is 16.5. The predicted molar refractivity (Wildman–Crippen MR) is 102 cm³/mol. The van der Waals surface area contributed by atoms with Gasteiger partial charge in [0, 0.05) is 51.0 Å². The molecule has 0 spiro atoms. The van der Waals surface area contributed by atoms with E-state index in [4.69, 9.17) is 4.74 Å². The average Bonchev–Trinajstić information content (AvgIpc) is 2.65. The van der Waals surface area contributed by atoms with Crippen molar-refractivity contribution in [1.82, 2.24) is 10.3 Å². The Morgan fingerprint density at radius 1 is 1.00 bits per heavy atom. The van der Waals surface area contributed by atoms with Crippen LogP contribution < -0.4 is 16.0 Å². The monoisotopic (exact) mass is 370 g/mol. The van der Waals surface area contributed by atoms with E-state index in [0.29, 0.717) is 36.5 Å². The number of aromatic nitrogens is 1. The van der Waals surface area contributed by atoms with E-state index in [1.807, 2.05) is 0 Å². The summed E-state index contributed by atoms with van der Waals surface area (Å²) in [6.07, 6.45) is 3.48. The van der Waals surface area contributed by atoms with Crippen molar-refractivity contribution in [3.05, 3.63) is 53.9 Å². The van der Waals surface area contributed by atoms with Gasteiger partial charge in [-0.2, -0.15) is 0 Å². The van der Waals surface area contributed by atoms with Gasteiger partial charge in [0.25, 0.3) is 11.8 Å². The van der Waals surface area contributed by atoms with Crippen LogP contribution in [0, 0.1) is 0 Å². The van der Waals surface area contributed by atoms with Gasteiger partial charge in [-0.15, -0.1) is 0 Å². The lowest BCUT2D eigenvalue weighted by Crippen LogP contribution is -2.25. The first-order valence-electron chi connectivity index (χ1n) is 8.41. The molecule has 3 amide bonds. The van der Waals surface area contributed by atoms with Crippen molar-refractivity contribution < 1.29 is 19.1 Å². The van der Waals surface area contributed by atoms with E-state index in [-0.39, 0.29) is 17.4 Å². The Bertz CT molecular complexity index is 823. The number of ether oxygens (including phenoxy) is 1. The molecule has 0 unspecified atom stereocenters. The van der Waals surface area contributed by atoms with Gasteiger partial charge in [-0.25, -0.2) is 0 Å². The Morgan fingerprint density at radius 2 is 1.67 bits per heavy atom. The highest BCUT2D eigenvalue weighted by molar-refractivity contribution is 6.06. The molecule has 0 fully saturated rings. The molecular formula is C19H22N4O4. The number of nitrogens with one attached hydrogen (secondary N) is 3. The summed E-state index contributed by atoms with van der Waals surface area (Å²) < 4.78 is 4.93. The summed E-state index contributed by atoms with van der Waals surface area (Å²) in [5.74, 6) is -0.913. The van der Waals surface area contributed by atoms with E-state index in [9.17, 15) is 14.4 Å². The first-order chi connectivity index (χ1) is 13.0. The van der Waals surface area contributed by atoms with Crippen molar-refractivity contribution in [2.24, 2.45) is 0 Å². The molecule has 27 heavy (non-hydrogen) atoms. The number of carbonyl (C=O) groups excluding carboxylic acids is 3. The number of rotatable bonds is 8. The summed E-state index contributed by atoms with van der Waals surface area (Å²) >= 11 is 0. The molecule has 0 radical (unpaired) electrons. The molecule has 0 saturated carbocycles. The van der Waals surface area contributed by atoms with E-state index < -0.39 is 5.91 Å². The van der Waals surface area contributed by atoms with Gasteiger partial charge in [-0.05, 0) is 30.7 Å². The molecule has 8 nitrogen and oxygen atoms in total. The van der Waals surface area contributed by atoms with Crippen LogP contribution in [0.4, 0.5) is 11.4 Å². The zero-order valence-electron chi connectivity index (χ0n) is 15.2. The molecule has 1 heterocycles. The number of benzene rings is 1. The molecule has 0 saturated heterocycles. The normalized spacial score (nSPS) is 10.1. The van der Waals surface area contributed by atoms with Crippen LogP contribution in [0.15, 0.2) is 42.7 Å². The smallest absolute Gasteiger partial charge is 0.257 e. The largest absolute Gasteiger partial charge is 0.385 e. The van der Waals surface area contributed by atoms with Crippen molar-refractivity contribution in [1.29, 1.82) is 0 Å². The van der Waals surface area contributed by atoms with Gasteiger partial charge in [-0.1, -0.05) is 6.07 Å². The quantitative estimate of drug-likeness (QED) is 0.616. The molecular weight excluding hydrogens is 348 g/mol. The minimum atomic E-state index is -0.406. The van der Waals surface area contributed by atoms with Gasteiger partial charge >= 0.3 is 0 Å². The topological polar surface area (TPSA) is 109 Å². The fourth-order valence-electron chi connectivity index (χ4n) is 2.29. The number of carbonyl (C=O) groups is 3. The van der Waals surface area contributed by atoms with Crippen LogP contribution in [0.25, 0.3) is 0 Å². The third kappa shape index (κ3) is 6.52. The Balaban J connectivity index is 2.02. The van der Waals surface area contributed by atoms with Gasteiger partial charge in [0.1, 0.15) is 0 Å².